The molecule has 0 fully saturated rings. The lowest BCUT2D eigenvalue weighted by Gasteiger charge is -2.07. The van der Waals surface area contributed by atoms with Crippen molar-refractivity contribution in [2.24, 2.45) is 0 Å². The predicted molar refractivity (Wildman–Crippen MR) is 82.7 cm³/mol. The van der Waals surface area contributed by atoms with Gasteiger partial charge < -0.3 is 9.47 Å². The third kappa shape index (κ3) is 4.95. The van der Waals surface area contributed by atoms with Gasteiger partial charge in [0.05, 0.1) is 13.0 Å². The van der Waals surface area contributed by atoms with Gasteiger partial charge in [-0.05, 0) is 43.2 Å². The summed E-state index contributed by atoms with van der Waals surface area (Å²) in [6.07, 6.45) is 1.23. The molecule has 0 aromatic heterocycles. The van der Waals surface area contributed by atoms with E-state index < -0.39 is 0 Å². The highest BCUT2D eigenvalue weighted by atomic mass is 16.5. The second-order valence-corrected chi connectivity index (χ2v) is 4.88. The number of carbonyl (C=O) groups is 1. The van der Waals surface area contributed by atoms with Crippen molar-refractivity contribution in [3.63, 3.8) is 0 Å². The van der Waals surface area contributed by atoms with Crippen molar-refractivity contribution in [3.05, 3.63) is 59.7 Å². The van der Waals surface area contributed by atoms with Gasteiger partial charge >= 0.3 is 5.97 Å². The minimum Gasteiger partial charge on any atom is -0.493 e. The molecule has 0 radical (unpaired) electrons. The maximum atomic E-state index is 11.7. The van der Waals surface area contributed by atoms with E-state index in [1.54, 1.807) is 12.1 Å². The lowest BCUT2D eigenvalue weighted by Crippen LogP contribution is -2.12. The summed E-state index contributed by atoms with van der Waals surface area (Å²) < 4.78 is 10.8. The first kappa shape index (κ1) is 15.1. The van der Waals surface area contributed by atoms with E-state index in [4.69, 9.17) is 9.47 Å². The smallest absolute Gasteiger partial charge is 0.314 e. The average molecular weight is 284 g/mol. The standard InChI is InChI=1S/C18H20O3/c1-3-15-6-10-16(11-7-15)20-13-12-18(19)21-17-8-4-14(2)5-9-17/h4-11H,3,12-13H2,1-2H3. The summed E-state index contributed by atoms with van der Waals surface area (Å²) in [7, 11) is 0. The van der Waals surface area contributed by atoms with Crippen LogP contribution in [0.3, 0.4) is 0 Å². The fraction of sp³-hybridized carbons (Fsp3) is 0.278. The van der Waals surface area contributed by atoms with Crippen LogP contribution in [-0.4, -0.2) is 12.6 Å². The number of carbonyl (C=O) groups excluding carboxylic acids is 1. The van der Waals surface area contributed by atoms with Gasteiger partial charge in [0, 0.05) is 0 Å². The Morgan fingerprint density at radius 3 is 2.19 bits per heavy atom. The molecular formula is C18H20O3. The maximum absolute atomic E-state index is 11.7. The SMILES string of the molecule is CCc1ccc(OCCC(=O)Oc2ccc(C)cc2)cc1. The second kappa shape index (κ2) is 7.48. The van der Waals surface area contributed by atoms with E-state index in [0.717, 1.165) is 17.7 Å². The molecule has 0 unspecified atom stereocenters. The van der Waals surface area contributed by atoms with E-state index in [2.05, 4.69) is 6.92 Å². The average Bonchev–Trinajstić information content (AvgIpc) is 2.50. The van der Waals surface area contributed by atoms with Gasteiger partial charge in [0.15, 0.2) is 0 Å². The number of hydrogen-bond donors (Lipinski definition) is 0. The summed E-state index contributed by atoms with van der Waals surface area (Å²) in [5.74, 6) is 1.05. The molecule has 0 amide bonds. The summed E-state index contributed by atoms with van der Waals surface area (Å²) in [6.45, 7) is 4.41. The lowest BCUT2D eigenvalue weighted by molar-refractivity contribution is -0.134. The molecule has 2 rings (SSSR count). The summed E-state index contributed by atoms with van der Waals surface area (Å²) in [6, 6.07) is 15.3. The highest BCUT2D eigenvalue weighted by Gasteiger charge is 2.05. The molecule has 3 heteroatoms. The van der Waals surface area contributed by atoms with Crippen LogP contribution in [0.25, 0.3) is 0 Å². The minimum absolute atomic E-state index is 0.226. The van der Waals surface area contributed by atoms with Gasteiger partial charge in [0.25, 0.3) is 0 Å². The first-order valence-corrected chi connectivity index (χ1v) is 7.16. The van der Waals surface area contributed by atoms with E-state index in [9.17, 15) is 4.79 Å². The third-order valence-corrected chi connectivity index (χ3v) is 3.16. The van der Waals surface area contributed by atoms with Crippen LogP contribution in [-0.2, 0) is 11.2 Å². The fourth-order valence-corrected chi connectivity index (χ4v) is 1.86. The zero-order chi connectivity index (χ0) is 15.1. The number of rotatable bonds is 6. The van der Waals surface area contributed by atoms with Crippen LogP contribution in [0, 0.1) is 6.92 Å². The van der Waals surface area contributed by atoms with Crippen LogP contribution in [0.15, 0.2) is 48.5 Å². The molecule has 0 atom stereocenters. The van der Waals surface area contributed by atoms with E-state index >= 15 is 0 Å². The van der Waals surface area contributed by atoms with Crippen LogP contribution in [0.5, 0.6) is 11.5 Å². The Bertz CT molecular complexity index is 570. The Morgan fingerprint density at radius 2 is 1.57 bits per heavy atom. The number of ether oxygens (including phenoxy) is 2. The Hall–Kier alpha value is -2.29. The molecule has 2 aromatic carbocycles. The molecule has 0 N–H and O–H groups in total. The van der Waals surface area contributed by atoms with Gasteiger partial charge in [-0.3, -0.25) is 4.79 Å². The highest BCUT2D eigenvalue weighted by molar-refractivity contribution is 5.72. The molecule has 21 heavy (non-hydrogen) atoms. The first-order valence-electron chi connectivity index (χ1n) is 7.16. The van der Waals surface area contributed by atoms with Crippen LogP contribution in [0.4, 0.5) is 0 Å². The molecule has 0 saturated carbocycles. The third-order valence-electron chi connectivity index (χ3n) is 3.16. The van der Waals surface area contributed by atoms with Crippen molar-refractivity contribution in [1.82, 2.24) is 0 Å². The molecule has 0 saturated heterocycles. The molecule has 0 spiro atoms. The molecule has 0 aliphatic rings. The number of esters is 1. The molecule has 0 heterocycles. The van der Waals surface area contributed by atoms with Gasteiger partial charge in [-0.15, -0.1) is 0 Å². The van der Waals surface area contributed by atoms with Gasteiger partial charge in [-0.1, -0.05) is 36.8 Å². The predicted octanol–water partition coefficient (Wildman–Crippen LogP) is 3.93. The Morgan fingerprint density at radius 1 is 0.952 bits per heavy atom. The largest absolute Gasteiger partial charge is 0.493 e. The quantitative estimate of drug-likeness (QED) is 0.595. The van der Waals surface area contributed by atoms with Gasteiger partial charge in [-0.2, -0.15) is 0 Å². The molecule has 0 bridgehead atoms. The Balaban J connectivity index is 1.74. The summed E-state index contributed by atoms with van der Waals surface area (Å²) in [4.78, 5) is 11.7. The molecule has 0 aliphatic heterocycles. The minimum atomic E-state index is -0.288. The molecule has 2 aromatic rings. The van der Waals surface area contributed by atoms with Crippen LogP contribution in [0.2, 0.25) is 0 Å². The van der Waals surface area contributed by atoms with Crippen molar-refractivity contribution in [2.75, 3.05) is 6.61 Å². The van der Waals surface area contributed by atoms with Crippen molar-refractivity contribution >= 4 is 5.97 Å². The number of hydrogen-bond acceptors (Lipinski definition) is 3. The van der Waals surface area contributed by atoms with Gasteiger partial charge in [0.1, 0.15) is 11.5 Å². The Labute approximate surface area is 125 Å². The molecule has 0 aliphatic carbocycles. The van der Waals surface area contributed by atoms with Crippen molar-refractivity contribution < 1.29 is 14.3 Å². The number of benzene rings is 2. The normalized spacial score (nSPS) is 10.2. The molecule has 110 valence electrons. The van der Waals surface area contributed by atoms with Crippen LogP contribution >= 0.6 is 0 Å². The van der Waals surface area contributed by atoms with Crippen LogP contribution in [0.1, 0.15) is 24.5 Å². The highest BCUT2D eigenvalue weighted by Crippen LogP contribution is 2.14. The summed E-state index contributed by atoms with van der Waals surface area (Å²) >= 11 is 0. The van der Waals surface area contributed by atoms with E-state index in [0.29, 0.717) is 12.4 Å². The Kier molecular flexibility index (Phi) is 5.38. The van der Waals surface area contributed by atoms with Crippen LogP contribution < -0.4 is 9.47 Å². The van der Waals surface area contributed by atoms with Crippen molar-refractivity contribution in [3.8, 4) is 11.5 Å². The zero-order valence-corrected chi connectivity index (χ0v) is 12.5. The lowest BCUT2D eigenvalue weighted by atomic mass is 10.2. The van der Waals surface area contributed by atoms with E-state index in [1.807, 2.05) is 43.3 Å². The van der Waals surface area contributed by atoms with Gasteiger partial charge in [-0.25, -0.2) is 0 Å². The van der Waals surface area contributed by atoms with E-state index in [1.165, 1.54) is 5.56 Å². The monoisotopic (exact) mass is 284 g/mol. The van der Waals surface area contributed by atoms with Crippen molar-refractivity contribution in [2.45, 2.75) is 26.7 Å². The molecular weight excluding hydrogens is 264 g/mol. The first-order chi connectivity index (χ1) is 10.2. The fourth-order valence-electron chi connectivity index (χ4n) is 1.86. The molecule has 3 nitrogen and oxygen atoms in total. The second-order valence-electron chi connectivity index (χ2n) is 4.88. The summed E-state index contributed by atoms with van der Waals surface area (Å²) in [5, 5.41) is 0. The topological polar surface area (TPSA) is 35.5 Å². The van der Waals surface area contributed by atoms with Crippen molar-refractivity contribution in [1.29, 1.82) is 0 Å². The summed E-state index contributed by atoms with van der Waals surface area (Å²) in [5.41, 5.74) is 2.40. The van der Waals surface area contributed by atoms with E-state index in [-0.39, 0.29) is 12.4 Å². The number of aryl methyl sites for hydroxylation is 2. The zero-order valence-electron chi connectivity index (χ0n) is 12.5. The maximum Gasteiger partial charge on any atom is 0.314 e. The van der Waals surface area contributed by atoms with Gasteiger partial charge in [0.2, 0.25) is 0 Å².